The van der Waals surface area contributed by atoms with E-state index in [2.05, 4.69) is 20.9 Å². The van der Waals surface area contributed by atoms with E-state index in [1.165, 1.54) is 6.42 Å². The molecule has 1 saturated heterocycles. The number of fused-ring (bicyclic) bond motifs is 2. The van der Waals surface area contributed by atoms with Gasteiger partial charge in [-0.15, -0.1) is 0 Å². The number of hydrogen-bond donors (Lipinski definition) is 3. The number of carbonyl (C=O) groups is 2. The fourth-order valence-corrected chi connectivity index (χ4v) is 7.62. The number of imidazole rings is 1. The molecule has 2 heterocycles. The first kappa shape index (κ1) is 33.7. The van der Waals surface area contributed by atoms with E-state index in [0.717, 1.165) is 29.9 Å². The summed E-state index contributed by atoms with van der Waals surface area (Å²) < 4.78 is 41.7. The SMILES string of the molecule is Cc1c(N2CC3CC3C2)c(C(=O)NC2CCC(C(F)(F)F)CC2)cc2nc(Nc3c(Cl)ccc(CNC(=O)C(C)(C)C)c3Cl)n(C)c12. The number of benzene rings is 2. The van der Waals surface area contributed by atoms with E-state index in [9.17, 15) is 22.8 Å². The third-order valence-corrected chi connectivity index (χ3v) is 10.7. The highest BCUT2D eigenvalue weighted by atomic mass is 35.5. The van der Waals surface area contributed by atoms with Crippen molar-refractivity contribution in [3.05, 3.63) is 44.9 Å². The average Bonchev–Trinajstić information content (AvgIpc) is 3.46. The maximum Gasteiger partial charge on any atom is 0.391 e. The molecule has 254 valence electrons. The van der Waals surface area contributed by atoms with E-state index in [1.807, 2.05) is 39.3 Å². The largest absolute Gasteiger partial charge is 0.391 e. The Hall–Kier alpha value is -3.18. The highest BCUT2D eigenvalue weighted by molar-refractivity contribution is 6.39. The topological polar surface area (TPSA) is 91.3 Å². The van der Waals surface area contributed by atoms with Gasteiger partial charge in [-0.25, -0.2) is 4.98 Å². The van der Waals surface area contributed by atoms with E-state index < -0.39 is 17.5 Å². The molecule has 2 amide bonds. The normalized spacial score (nSPS) is 22.7. The van der Waals surface area contributed by atoms with Crippen LogP contribution in [0.5, 0.6) is 0 Å². The van der Waals surface area contributed by atoms with Crippen LogP contribution in [0.3, 0.4) is 0 Å². The molecule has 1 aromatic heterocycles. The van der Waals surface area contributed by atoms with Crippen molar-refractivity contribution < 1.29 is 22.8 Å². The number of anilines is 3. The number of aromatic nitrogens is 2. The van der Waals surface area contributed by atoms with Gasteiger partial charge in [0.2, 0.25) is 11.9 Å². The standard InChI is InChI=1S/C34H41Cl2F3N6O2/c1-17-28(45-15-19-12-20(19)16-45)23(30(46)41-22-9-7-21(8-10-22)34(37,38)39)13-25-29(17)44(5)32(42-25)43-27-24(35)11-6-18(26(27)36)14-40-31(47)33(2,3)4/h6,11,13,19-22H,7-10,12,14-16H2,1-5H3,(H,40,47)(H,41,46)(H,42,43). The monoisotopic (exact) mass is 692 g/mol. The molecule has 47 heavy (non-hydrogen) atoms. The first-order valence-electron chi connectivity index (χ1n) is 16.2. The Kier molecular flexibility index (Phi) is 8.87. The van der Waals surface area contributed by atoms with Gasteiger partial charge in [0.15, 0.2) is 0 Å². The van der Waals surface area contributed by atoms with Crippen molar-refractivity contribution in [3.63, 3.8) is 0 Å². The van der Waals surface area contributed by atoms with Crippen LogP contribution in [0, 0.1) is 30.1 Å². The van der Waals surface area contributed by atoms with Gasteiger partial charge >= 0.3 is 6.18 Å². The summed E-state index contributed by atoms with van der Waals surface area (Å²) in [5, 5.41) is 9.98. The van der Waals surface area contributed by atoms with Crippen LogP contribution in [0.15, 0.2) is 18.2 Å². The van der Waals surface area contributed by atoms with Gasteiger partial charge in [-0.1, -0.05) is 50.0 Å². The van der Waals surface area contributed by atoms with Crippen molar-refractivity contribution in [3.8, 4) is 0 Å². The molecular formula is C34H41Cl2F3N6O2. The lowest BCUT2D eigenvalue weighted by molar-refractivity contribution is -0.182. The number of piperidine rings is 1. The molecule has 3 N–H and O–H groups in total. The zero-order valence-corrected chi connectivity index (χ0v) is 28.8. The maximum atomic E-state index is 13.9. The zero-order chi connectivity index (χ0) is 34.0. The van der Waals surface area contributed by atoms with Crippen LogP contribution >= 0.6 is 23.2 Å². The van der Waals surface area contributed by atoms with Crippen molar-refractivity contribution in [2.75, 3.05) is 23.3 Å². The molecule has 1 aliphatic heterocycles. The lowest BCUT2D eigenvalue weighted by Gasteiger charge is -2.31. The van der Waals surface area contributed by atoms with Crippen molar-refractivity contribution in [2.24, 2.45) is 30.2 Å². The number of aryl methyl sites for hydroxylation is 2. The van der Waals surface area contributed by atoms with E-state index in [1.54, 1.807) is 18.2 Å². The summed E-state index contributed by atoms with van der Waals surface area (Å²) in [5.74, 6) is -0.0213. The van der Waals surface area contributed by atoms with E-state index in [-0.39, 0.29) is 37.2 Å². The Balaban J connectivity index is 1.30. The number of nitrogens with one attached hydrogen (secondary N) is 3. The molecule has 13 heteroatoms. The highest BCUT2D eigenvalue weighted by Gasteiger charge is 2.46. The van der Waals surface area contributed by atoms with Gasteiger partial charge in [0.05, 0.1) is 43.9 Å². The van der Waals surface area contributed by atoms with Crippen LogP contribution in [0.2, 0.25) is 10.0 Å². The van der Waals surface area contributed by atoms with Crippen molar-refractivity contribution >= 4 is 63.4 Å². The Morgan fingerprint density at radius 3 is 2.32 bits per heavy atom. The summed E-state index contributed by atoms with van der Waals surface area (Å²) in [6, 6.07) is 4.95. The number of alkyl halides is 3. The summed E-state index contributed by atoms with van der Waals surface area (Å²) in [6.45, 7) is 9.43. The third kappa shape index (κ3) is 6.75. The number of amides is 2. The number of hydrogen-bond acceptors (Lipinski definition) is 5. The minimum absolute atomic E-state index is 0.0133. The zero-order valence-electron chi connectivity index (χ0n) is 27.2. The quantitative estimate of drug-likeness (QED) is 0.234. The molecule has 2 unspecified atom stereocenters. The molecule has 0 spiro atoms. The van der Waals surface area contributed by atoms with E-state index in [0.29, 0.717) is 63.0 Å². The van der Waals surface area contributed by atoms with Gasteiger partial charge in [-0.2, -0.15) is 13.2 Å². The predicted molar refractivity (Wildman–Crippen MR) is 180 cm³/mol. The van der Waals surface area contributed by atoms with Crippen molar-refractivity contribution in [1.29, 1.82) is 0 Å². The molecule has 2 atom stereocenters. The summed E-state index contributed by atoms with van der Waals surface area (Å²) in [7, 11) is 1.88. The van der Waals surface area contributed by atoms with Crippen molar-refractivity contribution in [1.82, 2.24) is 20.2 Å². The minimum atomic E-state index is -4.20. The number of carbonyl (C=O) groups excluding carboxylic acids is 2. The van der Waals surface area contributed by atoms with Crippen LogP contribution in [-0.4, -0.2) is 46.7 Å². The highest BCUT2D eigenvalue weighted by Crippen LogP contribution is 2.48. The van der Waals surface area contributed by atoms with Crippen LogP contribution in [0.25, 0.3) is 11.0 Å². The molecule has 0 bridgehead atoms. The lowest BCUT2D eigenvalue weighted by Crippen LogP contribution is -2.40. The second-order valence-corrected chi connectivity index (χ2v) is 15.2. The third-order valence-electron chi connectivity index (χ3n) is 9.96. The molecule has 2 aromatic carbocycles. The summed E-state index contributed by atoms with van der Waals surface area (Å²) in [6.07, 6.45) is -2.40. The molecule has 3 fully saturated rings. The second kappa shape index (κ2) is 12.4. The molecule has 8 nitrogen and oxygen atoms in total. The fraction of sp³-hybridized carbons (Fsp3) is 0.559. The van der Waals surface area contributed by atoms with Crippen LogP contribution < -0.4 is 20.9 Å². The van der Waals surface area contributed by atoms with Crippen molar-refractivity contribution in [2.45, 2.75) is 78.6 Å². The van der Waals surface area contributed by atoms with Gasteiger partial charge < -0.3 is 25.4 Å². The molecule has 3 aliphatic rings. The van der Waals surface area contributed by atoms with Crippen LogP contribution in [0.4, 0.5) is 30.5 Å². The molecule has 3 aromatic rings. The van der Waals surface area contributed by atoms with Crippen LogP contribution in [-0.2, 0) is 18.4 Å². The van der Waals surface area contributed by atoms with Gasteiger partial charge in [-0.3, -0.25) is 9.59 Å². The Morgan fingerprint density at radius 1 is 1.04 bits per heavy atom. The smallest absolute Gasteiger partial charge is 0.370 e. The fourth-order valence-electron chi connectivity index (χ4n) is 7.08. The van der Waals surface area contributed by atoms with Crippen LogP contribution in [0.1, 0.15) is 74.4 Å². The van der Waals surface area contributed by atoms with Gasteiger partial charge in [0.1, 0.15) is 0 Å². The van der Waals surface area contributed by atoms with E-state index in [4.69, 9.17) is 28.2 Å². The number of nitrogens with zero attached hydrogens (tertiary/aromatic N) is 3. The summed E-state index contributed by atoms with van der Waals surface area (Å²) >= 11 is 13.4. The first-order chi connectivity index (χ1) is 22.0. The molecule has 6 rings (SSSR count). The first-order valence-corrected chi connectivity index (χ1v) is 16.9. The van der Waals surface area contributed by atoms with Gasteiger partial charge in [0.25, 0.3) is 5.91 Å². The summed E-state index contributed by atoms with van der Waals surface area (Å²) in [4.78, 5) is 33.4. The molecular weight excluding hydrogens is 652 g/mol. The second-order valence-electron chi connectivity index (χ2n) is 14.4. The number of halogens is 5. The number of rotatable bonds is 7. The van der Waals surface area contributed by atoms with E-state index >= 15 is 0 Å². The minimum Gasteiger partial charge on any atom is -0.370 e. The summed E-state index contributed by atoms with van der Waals surface area (Å²) in [5.41, 5.74) is 4.22. The Bertz CT molecular complexity index is 1720. The van der Waals surface area contributed by atoms with Gasteiger partial charge in [0, 0.05) is 38.1 Å². The van der Waals surface area contributed by atoms with Gasteiger partial charge in [-0.05, 0) is 74.1 Å². The Morgan fingerprint density at radius 2 is 1.70 bits per heavy atom. The predicted octanol–water partition coefficient (Wildman–Crippen LogP) is 7.90. The molecule has 2 aliphatic carbocycles. The molecule has 2 saturated carbocycles. The Labute approximate surface area is 282 Å². The maximum absolute atomic E-state index is 13.9. The lowest BCUT2D eigenvalue weighted by atomic mass is 9.85. The molecule has 0 radical (unpaired) electrons. The average molecular weight is 694 g/mol.